The molecule has 0 unspecified atom stereocenters. The topological polar surface area (TPSA) is 58.2 Å². The summed E-state index contributed by atoms with van der Waals surface area (Å²) in [5, 5.41) is 5.96. The van der Waals surface area contributed by atoms with Gasteiger partial charge >= 0.3 is 0 Å². The van der Waals surface area contributed by atoms with E-state index in [-0.39, 0.29) is 30.2 Å². The molecule has 1 aromatic rings. The number of carbonyl (C=O) groups is 2. The molecule has 0 aromatic heterocycles. The SMILES string of the molecule is CCNC(=O)CNC(=O)[C@H](c1ccc(Cl)cc1)C(C)C. The molecule has 110 valence electrons. The maximum absolute atomic E-state index is 12.3. The molecule has 20 heavy (non-hydrogen) atoms. The van der Waals surface area contributed by atoms with Crippen LogP contribution in [0.25, 0.3) is 0 Å². The predicted molar refractivity (Wildman–Crippen MR) is 80.7 cm³/mol. The molecule has 0 radical (unpaired) electrons. The second-order valence-corrected chi connectivity index (χ2v) is 5.38. The lowest BCUT2D eigenvalue weighted by atomic mass is 9.87. The van der Waals surface area contributed by atoms with E-state index in [0.717, 1.165) is 5.56 Å². The number of hydrogen-bond donors (Lipinski definition) is 2. The highest BCUT2D eigenvalue weighted by atomic mass is 35.5. The summed E-state index contributed by atoms with van der Waals surface area (Å²) in [6.45, 7) is 6.35. The van der Waals surface area contributed by atoms with Gasteiger partial charge in [-0.2, -0.15) is 0 Å². The van der Waals surface area contributed by atoms with Gasteiger partial charge in [0, 0.05) is 11.6 Å². The number of carbonyl (C=O) groups excluding carboxylic acids is 2. The van der Waals surface area contributed by atoms with E-state index in [9.17, 15) is 9.59 Å². The van der Waals surface area contributed by atoms with Crippen LogP contribution in [0.3, 0.4) is 0 Å². The van der Waals surface area contributed by atoms with Crippen LogP contribution in [-0.2, 0) is 9.59 Å². The maximum Gasteiger partial charge on any atom is 0.239 e. The lowest BCUT2D eigenvalue weighted by Gasteiger charge is -2.20. The van der Waals surface area contributed by atoms with Gasteiger partial charge in [0.1, 0.15) is 0 Å². The van der Waals surface area contributed by atoms with Gasteiger partial charge in [-0.25, -0.2) is 0 Å². The van der Waals surface area contributed by atoms with Crippen molar-refractivity contribution in [3.8, 4) is 0 Å². The van der Waals surface area contributed by atoms with Crippen molar-refractivity contribution in [2.75, 3.05) is 13.1 Å². The van der Waals surface area contributed by atoms with Gasteiger partial charge in [-0.1, -0.05) is 37.6 Å². The molecule has 1 rings (SSSR count). The zero-order chi connectivity index (χ0) is 15.1. The Balaban J connectivity index is 2.73. The largest absolute Gasteiger partial charge is 0.355 e. The van der Waals surface area contributed by atoms with E-state index in [2.05, 4.69) is 10.6 Å². The first kappa shape index (κ1) is 16.5. The second-order valence-electron chi connectivity index (χ2n) is 4.94. The third-order valence-electron chi connectivity index (χ3n) is 2.98. The molecule has 0 heterocycles. The van der Waals surface area contributed by atoms with Crippen LogP contribution in [0, 0.1) is 5.92 Å². The van der Waals surface area contributed by atoms with Gasteiger partial charge in [-0.15, -0.1) is 0 Å². The van der Waals surface area contributed by atoms with Crippen LogP contribution in [0.5, 0.6) is 0 Å². The number of hydrogen-bond acceptors (Lipinski definition) is 2. The Hall–Kier alpha value is -1.55. The average molecular weight is 297 g/mol. The molecule has 2 N–H and O–H groups in total. The van der Waals surface area contributed by atoms with Crippen LogP contribution in [0.1, 0.15) is 32.3 Å². The van der Waals surface area contributed by atoms with Gasteiger partial charge in [0.2, 0.25) is 11.8 Å². The first-order chi connectivity index (χ1) is 9.45. The van der Waals surface area contributed by atoms with Crippen molar-refractivity contribution in [2.24, 2.45) is 5.92 Å². The average Bonchev–Trinajstić information content (AvgIpc) is 2.39. The van der Waals surface area contributed by atoms with Crippen LogP contribution in [0.15, 0.2) is 24.3 Å². The van der Waals surface area contributed by atoms with Crippen molar-refractivity contribution >= 4 is 23.4 Å². The van der Waals surface area contributed by atoms with Gasteiger partial charge in [0.25, 0.3) is 0 Å². The predicted octanol–water partition coefficient (Wildman–Crippen LogP) is 2.33. The molecule has 5 heteroatoms. The van der Waals surface area contributed by atoms with Crippen molar-refractivity contribution < 1.29 is 9.59 Å². The number of benzene rings is 1. The number of rotatable bonds is 6. The Morgan fingerprint density at radius 2 is 1.75 bits per heavy atom. The molecule has 2 amide bonds. The van der Waals surface area contributed by atoms with E-state index < -0.39 is 0 Å². The highest BCUT2D eigenvalue weighted by Gasteiger charge is 2.24. The highest BCUT2D eigenvalue weighted by molar-refractivity contribution is 6.30. The normalized spacial score (nSPS) is 12.1. The van der Waals surface area contributed by atoms with Crippen molar-refractivity contribution in [3.05, 3.63) is 34.9 Å². The molecule has 0 bridgehead atoms. The summed E-state index contributed by atoms with van der Waals surface area (Å²) in [6.07, 6.45) is 0. The Morgan fingerprint density at radius 1 is 1.15 bits per heavy atom. The Kier molecular flexibility index (Phi) is 6.52. The number of likely N-dealkylation sites (N-methyl/N-ethyl adjacent to an activating group) is 1. The van der Waals surface area contributed by atoms with E-state index in [4.69, 9.17) is 11.6 Å². The fourth-order valence-corrected chi connectivity index (χ4v) is 2.17. The minimum Gasteiger partial charge on any atom is -0.355 e. The van der Waals surface area contributed by atoms with Crippen LogP contribution >= 0.6 is 11.6 Å². The maximum atomic E-state index is 12.3. The molecule has 0 aliphatic rings. The molecule has 0 aliphatic heterocycles. The molecular formula is C15H21ClN2O2. The van der Waals surface area contributed by atoms with Gasteiger partial charge in [0.05, 0.1) is 12.5 Å². The summed E-state index contributed by atoms with van der Waals surface area (Å²) in [5.41, 5.74) is 0.901. The van der Waals surface area contributed by atoms with Crippen molar-refractivity contribution in [2.45, 2.75) is 26.7 Å². The molecule has 0 saturated heterocycles. The lowest BCUT2D eigenvalue weighted by Crippen LogP contribution is -2.40. The number of halogens is 1. The van der Waals surface area contributed by atoms with Crippen molar-refractivity contribution in [1.29, 1.82) is 0 Å². The fraction of sp³-hybridized carbons (Fsp3) is 0.467. The zero-order valence-electron chi connectivity index (χ0n) is 12.1. The van der Waals surface area contributed by atoms with E-state index in [1.807, 2.05) is 32.9 Å². The Labute approximate surface area is 124 Å². The zero-order valence-corrected chi connectivity index (χ0v) is 12.8. The third kappa shape index (κ3) is 4.85. The van der Waals surface area contributed by atoms with Gasteiger partial charge in [-0.05, 0) is 30.5 Å². The van der Waals surface area contributed by atoms with E-state index >= 15 is 0 Å². The smallest absolute Gasteiger partial charge is 0.239 e. The minimum absolute atomic E-state index is 0.00346. The quantitative estimate of drug-likeness (QED) is 0.846. The lowest BCUT2D eigenvalue weighted by molar-refractivity contribution is -0.127. The summed E-state index contributed by atoms with van der Waals surface area (Å²) in [4.78, 5) is 23.6. The molecule has 1 atom stereocenters. The van der Waals surface area contributed by atoms with E-state index in [0.29, 0.717) is 11.6 Å². The fourth-order valence-electron chi connectivity index (χ4n) is 2.05. The molecule has 4 nitrogen and oxygen atoms in total. The van der Waals surface area contributed by atoms with E-state index in [1.54, 1.807) is 12.1 Å². The first-order valence-corrected chi connectivity index (χ1v) is 7.13. The first-order valence-electron chi connectivity index (χ1n) is 6.75. The van der Waals surface area contributed by atoms with Crippen LogP contribution in [-0.4, -0.2) is 24.9 Å². The standard InChI is InChI=1S/C15H21ClN2O2/c1-4-17-13(19)9-18-15(20)14(10(2)3)11-5-7-12(16)8-6-11/h5-8,10,14H,4,9H2,1-3H3,(H,17,19)(H,18,20)/t14-/m0/s1. The molecule has 1 aromatic carbocycles. The monoisotopic (exact) mass is 296 g/mol. The van der Waals surface area contributed by atoms with Crippen LogP contribution in [0.4, 0.5) is 0 Å². The molecule has 0 fully saturated rings. The third-order valence-corrected chi connectivity index (χ3v) is 3.23. The summed E-state index contributed by atoms with van der Waals surface area (Å²) >= 11 is 5.86. The molecule has 0 aliphatic carbocycles. The van der Waals surface area contributed by atoms with Gasteiger partial charge in [0.15, 0.2) is 0 Å². The highest BCUT2D eigenvalue weighted by Crippen LogP contribution is 2.25. The van der Waals surface area contributed by atoms with Gasteiger partial charge in [-0.3, -0.25) is 9.59 Å². The molecule has 0 spiro atoms. The summed E-state index contributed by atoms with van der Waals surface area (Å²) in [7, 11) is 0. The molecule has 0 saturated carbocycles. The van der Waals surface area contributed by atoms with Crippen LogP contribution < -0.4 is 10.6 Å². The van der Waals surface area contributed by atoms with E-state index in [1.165, 1.54) is 0 Å². The van der Waals surface area contributed by atoms with Gasteiger partial charge < -0.3 is 10.6 Å². The van der Waals surface area contributed by atoms with Crippen molar-refractivity contribution in [1.82, 2.24) is 10.6 Å². The van der Waals surface area contributed by atoms with Crippen LogP contribution in [0.2, 0.25) is 5.02 Å². The molecular weight excluding hydrogens is 276 g/mol. The second kappa shape index (κ2) is 7.90. The minimum atomic E-state index is -0.290. The summed E-state index contributed by atoms with van der Waals surface area (Å²) < 4.78 is 0. The summed E-state index contributed by atoms with van der Waals surface area (Å²) in [6, 6.07) is 7.23. The summed E-state index contributed by atoms with van der Waals surface area (Å²) in [5.74, 6) is -0.486. The van der Waals surface area contributed by atoms with Crippen molar-refractivity contribution in [3.63, 3.8) is 0 Å². The number of nitrogens with one attached hydrogen (secondary N) is 2. The Morgan fingerprint density at radius 3 is 2.25 bits per heavy atom. The number of amides is 2. The Bertz CT molecular complexity index is 457.